The highest BCUT2D eigenvalue weighted by molar-refractivity contribution is 5.93. The zero-order valence-corrected chi connectivity index (χ0v) is 19.5. The molecule has 0 spiro atoms. The second kappa shape index (κ2) is 10.4. The molecule has 1 fully saturated rings. The predicted molar refractivity (Wildman–Crippen MR) is 132 cm³/mol. The topological polar surface area (TPSA) is 134 Å². The van der Waals surface area contributed by atoms with Crippen LogP contribution < -0.4 is 16.0 Å². The van der Waals surface area contributed by atoms with Crippen molar-refractivity contribution in [3.05, 3.63) is 65.7 Å². The smallest absolute Gasteiger partial charge is 0.270 e. The minimum absolute atomic E-state index is 0.251. The Balaban J connectivity index is 1.32. The van der Waals surface area contributed by atoms with Gasteiger partial charge in [0.1, 0.15) is 17.2 Å². The number of aromatic amines is 1. The van der Waals surface area contributed by atoms with E-state index in [4.69, 9.17) is 4.52 Å². The van der Waals surface area contributed by atoms with Crippen LogP contribution in [0.15, 0.2) is 53.1 Å². The molecule has 5 rings (SSSR count). The second-order valence-electron chi connectivity index (χ2n) is 8.58. The monoisotopic (exact) mass is 472 g/mol. The predicted octanol–water partition coefficient (Wildman–Crippen LogP) is 4.62. The van der Waals surface area contributed by atoms with E-state index < -0.39 is 0 Å². The maximum atomic E-state index is 12.7. The maximum absolute atomic E-state index is 12.7. The number of unbranched alkanes of at least 4 members (excludes halogenated alkanes) is 1. The van der Waals surface area contributed by atoms with Crippen LogP contribution >= 0.6 is 0 Å². The van der Waals surface area contributed by atoms with Crippen molar-refractivity contribution >= 4 is 23.5 Å². The Kier molecular flexibility index (Phi) is 6.69. The Morgan fingerprint density at radius 2 is 1.97 bits per heavy atom. The second-order valence-corrected chi connectivity index (χ2v) is 8.58. The number of carbonyl (C=O) groups is 1. The molecule has 0 radical (unpaired) electrons. The summed E-state index contributed by atoms with van der Waals surface area (Å²) in [6.07, 6.45) is 4.26. The Labute approximate surface area is 202 Å². The molecule has 35 heavy (non-hydrogen) atoms. The number of H-pyrrole nitrogens is 1. The van der Waals surface area contributed by atoms with Crippen LogP contribution in [-0.4, -0.2) is 37.8 Å². The summed E-state index contributed by atoms with van der Waals surface area (Å²) in [5.41, 5.74) is 3.10. The van der Waals surface area contributed by atoms with Crippen LogP contribution in [0.3, 0.4) is 0 Å². The van der Waals surface area contributed by atoms with E-state index in [9.17, 15) is 4.79 Å². The molecule has 0 unspecified atom stereocenters. The normalized spacial score (nSPS) is 12.9. The van der Waals surface area contributed by atoms with E-state index in [0.717, 1.165) is 29.8 Å². The average Bonchev–Trinajstić information content (AvgIpc) is 3.44. The Morgan fingerprint density at radius 1 is 1.11 bits per heavy atom. The molecule has 4 aromatic rings. The molecular weight excluding hydrogens is 444 g/mol. The zero-order valence-electron chi connectivity index (χ0n) is 19.5. The molecule has 3 aromatic heterocycles. The van der Waals surface area contributed by atoms with Crippen LogP contribution in [0.25, 0.3) is 11.3 Å². The number of aromatic nitrogens is 5. The lowest BCUT2D eigenvalue weighted by atomic mass is 10.1. The summed E-state index contributed by atoms with van der Waals surface area (Å²) < 4.78 is 5.46. The van der Waals surface area contributed by atoms with E-state index >= 15 is 0 Å². The summed E-state index contributed by atoms with van der Waals surface area (Å²) in [5, 5.41) is 20.8. The highest BCUT2D eigenvalue weighted by Crippen LogP contribution is 2.39. The molecule has 180 valence electrons. The largest absolute Gasteiger partial charge is 0.359 e. The summed E-state index contributed by atoms with van der Waals surface area (Å²) in [6, 6.07) is 15.3. The molecule has 1 amide bonds. The first-order valence-electron chi connectivity index (χ1n) is 11.9. The van der Waals surface area contributed by atoms with Gasteiger partial charge in [-0.3, -0.25) is 9.89 Å². The van der Waals surface area contributed by atoms with Crippen LogP contribution in [-0.2, 0) is 6.54 Å². The molecule has 1 aromatic carbocycles. The molecule has 1 aliphatic rings. The Bertz CT molecular complexity index is 1280. The van der Waals surface area contributed by atoms with Crippen LogP contribution in [0.2, 0.25) is 0 Å². The zero-order chi connectivity index (χ0) is 24.0. The average molecular weight is 473 g/mol. The van der Waals surface area contributed by atoms with E-state index in [1.54, 1.807) is 6.07 Å². The van der Waals surface area contributed by atoms with Crippen molar-refractivity contribution in [1.82, 2.24) is 30.6 Å². The van der Waals surface area contributed by atoms with Gasteiger partial charge in [0.2, 0.25) is 5.95 Å². The van der Waals surface area contributed by atoms with Gasteiger partial charge in [-0.25, -0.2) is 4.98 Å². The number of benzene rings is 1. The first-order chi connectivity index (χ1) is 17.2. The molecule has 10 nitrogen and oxygen atoms in total. The van der Waals surface area contributed by atoms with Gasteiger partial charge in [-0.15, -0.1) is 0 Å². The summed E-state index contributed by atoms with van der Waals surface area (Å²) >= 11 is 0. The number of nitrogens with one attached hydrogen (secondary N) is 4. The van der Waals surface area contributed by atoms with Gasteiger partial charge in [0.25, 0.3) is 5.91 Å². The molecule has 0 saturated heterocycles. The van der Waals surface area contributed by atoms with E-state index in [1.807, 2.05) is 42.5 Å². The third kappa shape index (κ3) is 5.84. The van der Waals surface area contributed by atoms with Gasteiger partial charge in [-0.1, -0.05) is 48.8 Å². The van der Waals surface area contributed by atoms with Crippen molar-refractivity contribution in [1.29, 1.82) is 0 Å². The number of amides is 1. The van der Waals surface area contributed by atoms with Crippen molar-refractivity contribution in [3.8, 4) is 11.3 Å². The fraction of sp³-hybridized carbons (Fsp3) is 0.320. The molecular formula is C25H28N8O2. The fourth-order valence-corrected chi connectivity index (χ4v) is 3.62. The van der Waals surface area contributed by atoms with Gasteiger partial charge in [-0.2, -0.15) is 10.1 Å². The number of hydrogen-bond acceptors (Lipinski definition) is 8. The lowest BCUT2D eigenvalue weighted by Crippen LogP contribution is -2.26. The fourth-order valence-electron chi connectivity index (χ4n) is 3.62. The molecule has 0 aliphatic heterocycles. The lowest BCUT2D eigenvalue weighted by Gasteiger charge is -2.10. The van der Waals surface area contributed by atoms with E-state index in [0.29, 0.717) is 42.4 Å². The van der Waals surface area contributed by atoms with Crippen LogP contribution in [0.4, 0.5) is 17.6 Å². The van der Waals surface area contributed by atoms with Crippen LogP contribution in [0, 0.1) is 0 Å². The van der Waals surface area contributed by atoms with Gasteiger partial charge in [-0.05, 0) is 19.3 Å². The Morgan fingerprint density at radius 3 is 2.77 bits per heavy atom. The molecule has 10 heteroatoms. The highest BCUT2D eigenvalue weighted by Gasteiger charge is 2.25. The minimum atomic E-state index is -0.251. The number of nitrogens with zero attached hydrogens (tertiary/aromatic N) is 4. The molecule has 0 bridgehead atoms. The Hall–Kier alpha value is -4.21. The van der Waals surface area contributed by atoms with E-state index in [-0.39, 0.29) is 11.6 Å². The summed E-state index contributed by atoms with van der Waals surface area (Å²) in [4.78, 5) is 21.6. The summed E-state index contributed by atoms with van der Waals surface area (Å²) in [6.45, 7) is 2.98. The first kappa shape index (κ1) is 22.6. The van der Waals surface area contributed by atoms with Crippen molar-refractivity contribution in [2.45, 2.75) is 45.1 Å². The quantitative estimate of drug-likeness (QED) is 0.232. The molecule has 4 N–H and O–H groups in total. The van der Waals surface area contributed by atoms with Crippen molar-refractivity contribution < 1.29 is 9.32 Å². The van der Waals surface area contributed by atoms with Crippen molar-refractivity contribution in [2.24, 2.45) is 0 Å². The van der Waals surface area contributed by atoms with Gasteiger partial charge < -0.3 is 20.5 Å². The van der Waals surface area contributed by atoms with Crippen molar-refractivity contribution in [2.75, 3.05) is 17.2 Å². The van der Waals surface area contributed by atoms with Crippen LogP contribution in [0.1, 0.15) is 60.5 Å². The molecule has 0 atom stereocenters. The first-order valence-corrected chi connectivity index (χ1v) is 11.9. The third-order valence-corrected chi connectivity index (χ3v) is 5.69. The third-order valence-electron chi connectivity index (χ3n) is 5.69. The standard InChI is InChI=1S/C25H28N8O2/c1-2-3-11-26-24(34)21-14-22(29-23-13-19(31-32-23)17-9-10-17)30-25(28-21)27-15-18-12-20(33-35-18)16-7-5-4-6-8-16/h4-8,12-14,17H,2-3,9-11,15H2,1H3,(H,26,34)(H3,27,28,29,30,31,32). The number of anilines is 3. The van der Waals surface area contributed by atoms with Gasteiger partial charge >= 0.3 is 0 Å². The summed E-state index contributed by atoms with van der Waals surface area (Å²) in [5.74, 6) is 2.35. The minimum Gasteiger partial charge on any atom is -0.359 e. The number of carbonyl (C=O) groups excluding carboxylic acids is 1. The van der Waals surface area contributed by atoms with E-state index in [2.05, 4.69) is 48.2 Å². The van der Waals surface area contributed by atoms with Gasteiger partial charge in [0.05, 0.1) is 6.54 Å². The maximum Gasteiger partial charge on any atom is 0.270 e. The number of hydrogen-bond donors (Lipinski definition) is 4. The molecule has 1 aliphatic carbocycles. The van der Waals surface area contributed by atoms with E-state index in [1.165, 1.54) is 12.8 Å². The highest BCUT2D eigenvalue weighted by atomic mass is 16.5. The van der Waals surface area contributed by atoms with Crippen molar-refractivity contribution in [3.63, 3.8) is 0 Å². The lowest BCUT2D eigenvalue weighted by molar-refractivity contribution is 0.0948. The number of rotatable bonds is 11. The van der Waals surface area contributed by atoms with Gasteiger partial charge in [0.15, 0.2) is 11.6 Å². The molecule has 1 saturated carbocycles. The SMILES string of the molecule is CCCCNC(=O)c1cc(Nc2cc(C3CC3)[nH]n2)nc(NCc2cc(-c3ccccc3)no2)n1. The van der Waals surface area contributed by atoms with Gasteiger partial charge in [0, 0.05) is 41.9 Å². The summed E-state index contributed by atoms with van der Waals surface area (Å²) in [7, 11) is 0. The van der Waals surface area contributed by atoms with Crippen LogP contribution in [0.5, 0.6) is 0 Å². The molecule has 3 heterocycles.